The van der Waals surface area contributed by atoms with Gasteiger partial charge >= 0.3 is 23.8 Å². The van der Waals surface area contributed by atoms with Gasteiger partial charge in [-0.25, -0.2) is 9.59 Å². The Labute approximate surface area is 127 Å². The van der Waals surface area contributed by atoms with Crippen LogP contribution in [0.25, 0.3) is 0 Å². The number of nitrogens with one attached hydrogen (secondary N) is 1. The standard InChI is InChI=1S/C15H16N2O5/c1-15(2,3)22-13(20)10-6-4-5-9(7-10)8-17-12(19)11(18)16-14(17)21/h4-7H,8H2,1-3H3,(H,16,18,21). The summed E-state index contributed by atoms with van der Waals surface area (Å²) in [5.74, 6) is -2.36. The second-order valence-corrected chi connectivity index (χ2v) is 5.85. The number of carbonyl (C=O) groups excluding carboxylic acids is 4. The van der Waals surface area contributed by atoms with Crippen LogP contribution >= 0.6 is 0 Å². The van der Waals surface area contributed by atoms with Crippen molar-refractivity contribution in [2.24, 2.45) is 0 Å². The van der Waals surface area contributed by atoms with Gasteiger partial charge in [0.2, 0.25) is 0 Å². The lowest BCUT2D eigenvalue weighted by atomic mass is 10.1. The van der Waals surface area contributed by atoms with Crippen LogP contribution in [0.15, 0.2) is 24.3 Å². The first-order valence-electron chi connectivity index (χ1n) is 6.66. The molecule has 4 amide bonds. The van der Waals surface area contributed by atoms with Gasteiger partial charge in [-0.05, 0) is 38.5 Å². The average Bonchev–Trinajstić information content (AvgIpc) is 2.64. The van der Waals surface area contributed by atoms with Crippen LogP contribution in [-0.4, -0.2) is 34.3 Å². The van der Waals surface area contributed by atoms with Gasteiger partial charge in [0.05, 0.1) is 12.1 Å². The molecule has 1 aromatic rings. The topological polar surface area (TPSA) is 92.8 Å². The number of hydrogen-bond donors (Lipinski definition) is 1. The highest BCUT2D eigenvalue weighted by molar-refractivity contribution is 6.44. The fourth-order valence-corrected chi connectivity index (χ4v) is 1.89. The van der Waals surface area contributed by atoms with E-state index >= 15 is 0 Å². The minimum absolute atomic E-state index is 0.0902. The number of imide groups is 2. The highest BCUT2D eigenvalue weighted by atomic mass is 16.6. The van der Waals surface area contributed by atoms with Crippen LogP contribution in [0.3, 0.4) is 0 Å². The van der Waals surface area contributed by atoms with Crippen molar-refractivity contribution in [3.05, 3.63) is 35.4 Å². The van der Waals surface area contributed by atoms with Crippen LogP contribution in [-0.2, 0) is 20.9 Å². The Balaban J connectivity index is 2.15. The zero-order valence-electron chi connectivity index (χ0n) is 12.5. The molecule has 1 aliphatic heterocycles. The molecule has 1 aliphatic rings. The van der Waals surface area contributed by atoms with E-state index in [0.717, 1.165) is 4.90 Å². The molecule has 1 heterocycles. The van der Waals surface area contributed by atoms with Crippen LogP contribution in [0.4, 0.5) is 4.79 Å². The summed E-state index contributed by atoms with van der Waals surface area (Å²) in [5, 5.41) is 1.91. The molecule has 0 atom stereocenters. The summed E-state index contributed by atoms with van der Waals surface area (Å²) in [4.78, 5) is 46.9. The fraction of sp³-hybridized carbons (Fsp3) is 0.333. The lowest BCUT2D eigenvalue weighted by Gasteiger charge is -2.19. The van der Waals surface area contributed by atoms with E-state index in [4.69, 9.17) is 4.74 Å². The molecule has 22 heavy (non-hydrogen) atoms. The Morgan fingerprint density at radius 3 is 2.45 bits per heavy atom. The fourth-order valence-electron chi connectivity index (χ4n) is 1.89. The third kappa shape index (κ3) is 3.49. The number of rotatable bonds is 3. The zero-order valence-corrected chi connectivity index (χ0v) is 12.5. The van der Waals surface area contributed by atoms with Gasteiger partial charge in [0, 0.05) is 0 Å². The minimum Gasteiger partial charge on any atom is -0.456 e. The number of carbonyl (C=O) groups is 4. The van der Waals surface area contributed by atoms with Gasteiger partial charge in [-0.3, -0.25) is 19.8 Å². The van der Waals surface area contributed by atoms with Crippen molar-refractivity contribution in [1.82, 2.24) is 10.2 Å². The first-order chi connectivity index (χ1) is 10.2. The zero-order chi connectivity index (χ0) is 16.5. The summed E-state index contributed by atoms with van der Waals surface area (Å²) < 4.78 is 5.26. The molecule has 0 bridgehead atoms. The molecule has 7 nitrogen and oxygen atoms in total. The van der Waals surface area contributed by atoms with E-state index in [1.165, 1.54) is 6.07 Å². The van der Waals surface area contributed by atoms with Crippen molar-refractivity contribution >= 4 is 23.8 Å². The molecule has 0 unspecified atom stereocenters. The molecule has 1 aromatic carbocycles. The normalized spacial score (nSPS) is 15.0. The Hall–Kier alpha value is -2.70. The Morgan fingerprint density at radius 2 is 1.91 bits per heavy atom. The summed E-state index contributed by atoms with van der Waals surface area (Å²) >= 11 is 0. The summed E-state index contributed by atoms with van der Waals surface area (Å²) in [5.41, 5.74) is 0.233. The summed E-state index contributed by atoms with van der Waals surface area (Å²) in [6.45, 7) is 5.18. The van der Waals surface area contributed by atoms with Crippen molar-refractivity contribution < 1.29 is 23.9 Å². The Morgan fingerprint density at radius 1 is 1.23 bits per heavy atom. The van der Waals surface area contributed by atoms with Gasteiger partial charge in [0.25, 0.3) is 0 Å². The van der Waals surface area contributed by atoms with Crippen molar-refractivity contribution in [1.29, 1.82) is 0 Å². The molecule has 0 aliphatic carbocycles. The smallest absolute Gasteiger partial charge is 0.338 e. The Kier molecular flexibility index (Phi) is 3.99. The minimum atomic E-state index is -0.951. The van der Waals surface area contributed by atoms with Crippen molar-refractivity contribution in [3.63, 3.8) is 0 Å². The van der Waals surface area contributed by atoms with Gasteiger partial charge in [0.1, 0.15) is 5.60 Å². The van der Waals surface area contributed by atoms with Crippen molar-refractivity contribution in [2.45, 2.75) is 32.9 Å². The SMILES string of the molecule is CC(C)(C)OC(=O)c1cccc(CN2C(=O)NC(=O)C2=O)c1. The number of amides is 4. The van der Waals surface area contributed by atoms with Crippen molar-refractivity contribution in [2.75, 3.05) is 0 Å². The molecule has 7 heteroatoms. The summed E-state index contributed by atoms with van der Waals surface area (Å²) in [7, 11) is 0. The molecule has 0 spiro atoms. The van der Waals surface area contributed by atoms with Gasteiger partial charge in [-0.15, -0.1) is 0 Å². The highest BCUT2D eigenvalue weighted by Gasteiger charge is 2.36. The van der Waals surface area contributed by atoms with Gasteiger partial charge in [-0.1, -0.05) is 12.1 Å². The molecule has 2 rings (SSSR count). The molecule has 0 saturated carbocycles. The average molecular weight is 304 g/mol. The lowest BCUT2D eigenvalue weighted by molar-refractivity contribution is -0.140. The lowest BCUT2D eigenvalue weighted by Crippen LogP contribution is -2.30. The first-order valence-corrected chi connectivity index (χ1v) is 6.66. The number of esters is 1. The van der Waals surface area contributed by atoms with Crippen molar-refractivity contribution in [3.8, 4) is 0 Å². The largest absolute Gasteiger partial charge is 0.456 e. The van der Waals surface area contributed by atoms with Crippen LogP contribution in [0.1, 0.15) is 36.7 Å². The third-order valence-corrected chi connectivity index (χ3v) is 2.81. The maximum atomic E-state index is 12.0. The van der Waals surface area contributed by atoms with Crippen LogP contribution in [0, 0.1) is 0 Å². The van der Waals surface area contributed by atoms with E-state index in [1.54, 1.807) is 39.0 Å². The second-order valence-electron chi connectivity index (χ2n) is 5.85. The van der Waals surface area contributed by atoms with Gasteiger partial charge in [0.15, 0.2) is 0 Å². The van der Waals surface area contributed by atoms with Gasteiger partial charge < -0.3 is 4.74 Å². The van der Waals surface area contributed by atoms with Crippen LogP contribution in [0.5, 0.6) is 0 Å². The van der Waals surface area contributed by atoms with E-state index in [0.29, 0.717) is 11.1 Å². The van der Waals surface area contributed by atoms with E-state index in [9.17, 15) is 19.2 Å². The third-order valence-electron chi connectivity index (χ3n) is 2.81. The molecule has 1 fully saturated rings. The van der Waals surface area contributed by atoms with E-state index < -0.39 is 29.4 Å². The Bertz CT molecular complexity index is 660. The molecule has 0 aromatic heterocycles. The van der Waals surface area contributed by atoms with E-state index in [2.05, 4.69) is 0 Å². The van der Waals surface area contributed by atoms with E-state index in [-0.39, 0.29) is 6.54 Å². The highest BCUT2D eigenvalue weighted by Crippen LogP contribution is 2.15. The summed E-state index contributed by atoms with van der Waals surface area (Å²) in [6.07, 6.45) is 0. The predicted octanol–water partition coefficient (Wildman–Crippen LogP) is 1.22. The van der Waals surface area contributed by atoms with Crippen LogP contribution < -0.4 is 5.32 Å². The quantitative estimate of drug-likeness (QED) is 0.515. The van der Waals surface area contributed by atoms with Crippen LogP contribution in [0.2, 0.25) is 0 Å². The monoisotopic (exact) mass is 304 g/mol. The number of hydrogen-bond acceptors (Lipinski definition) is 5. The number of ether oxygens (including phenoxy) is 1. The first kappa shape index (κ1) is 15.7. The number of nitrogens with zero attached hydrogens (tertiary/aromatic N) is 1. The molecular formula is C15H16N2O5. The van der Waals surface area contributed by atoms with E-state index in [1.807, 2.05) is 5.32 Å². The molecule has 0 radical (unpaired) electrons. The molecular weight excluding hydrogens is 288 g/mol. The molecule has 116 valence electrons. The number of benzene rings is 1. The maximum Gasteiger partial charge on any atom is 0.338 e. The predicted molar refractivity (Wildman–Crippen MR) is 75.7 cm³/mol. The number of urea groups is 1. The molecule has 1 saturated heterocycles. The maximum absolute atomic E-state index is 12.0. The molecule has 1 N–H and O–H groups in total. The summed E-state index contributed by atoms with van der Waals surface area (Å²) in [6, 6.07) is 5.61. The van der Waals surface area contributed by atoms with Gasteiger partial charge in [-0.2, -0.15) is 0 Å². The second kappa shape index (κ2) is 5.59.